The number of nitrogens with zero attached hydrogens (tertiary/aromatic N) is 1. The van der Waals surface area contributed by atoms with Gasteiger partial charge in [0.1, 0.15) is 0 Å². The smallest absolute Gasteiger partial charge is 0.225 e. The highest BCUT2D eigenvalue weighted by Gasteiger charge is 2.35. The minimum atomic E-state index is 0.366. The van der Waals surface area contributed by atoms with E-state index in [1.807, 2.05) is 0 Å². The summed E-state index contributed by atoms with van der Waals surface area (Å²) in [6.45, 7) is 4.17. The van der Waals surface area contributed by atoms with Crippen molar-refractivity contribution in [2.24, 2.45) is 11.8 Å². The molecule has 2 fully saturated rings. The molecule has 1 aliphatic heterocycles. The summed E-state index contributed by atoms with van der Waals surface area (Å²) < 4.78 is 0. The molecule has 1 amide bonds. The van der Waals surface area contributed by atoms with Gasteiger partial charge in [-0.25, -0.2) is 0 Å². The lowest BCUT2D eigenvalue weighted by Gasteiger charge is -2.32. The zero-order chi connectivity index (χ0) is 14.4. The van der Waals surface area contributed by atoms with E-state index in [4.69, 9.17) is 0 Å². The Morgan fingerprint density at radius 1 is 1.24 bits per heavy atom. The number of hydrogen-bond donors (Lipinski definition) is 1. The predicted octanol–water partition coefficient (Wildman–Crippen LogP) is 1.73. The van der Waals surface area contributed by atoms with Gasteiger partial charge in [0.25, 0.3) is 0 Å². The first-order valence-electron chi connectivity index (χ1n) is 8.40. The van der Waals surface area contributed by atoms with Gasteiger partial charge >= 0.3 is 0 Å². The quantitative estimate of drug-likeness (QED) is 0.882. The van der Waals surface area contributed by atoms with Gasteiger partial charge in [0.05, 0.1) is 0 Å². The van der Waals surface area contributed by atoms with Crippen LogP contribution in [0, 0.1) is 11.8 Å². The average Bonchev–Trinajstić information content (AvgIpc) is 3.27. The number of aromatic nitrogens is 1. The predicted molar refractivity (Wildman–Crippen MR) is 84.0 cm³/mol. The van der Waals surface area contributed by atoms with Crippen molar-refractivity contribution in [3.05, 3.63) is 22.3 Å². The molecule has 1 N–H and O–H groups in total. The van der Waals surface area contributed by atoms with Gasteiger partial charge in [-0.2, -0.15) is 0 Å². The Morgan fingerprint density at radius 2 is 2.00 bits per heavy atom. The lowest BCUT2D eigenvalue weighted by molar-refractivity contribution is -0.133. The highest BCUT2D eigenvalue weighted by Crippen LogP contribution is 2.33. The molecular weight excluding hydrogens is 260 g/mol. The molecule has 1 unspecified atom stereocenters. The SMILES string of the molecule is CC1C=c2c(C3CCN(C(=O)C4CC4)CC3)c[nH]c2=CC1. The molecule has 1 saturated carbocycles. The highest BCUT2D eigenvalue weighted by atomic mass is 16.2. The average molecular weight is 284 g/mol. The summed E-state index contributed by atoms with van der Waals surface area (Å²) >= 11 is 0. The van der Waals surface area contributed by atoms with E-state index < -0.39 is 0 Å². The first kappa shape index (κ1) is 13.2. The number of hydrogen-bond acceptors (Lipinski definition) is 1. The maximum atomic E-state index is 12.1. The molecule has 1 atom stereocenters. The van der Waals surface area contributed by atoms with Crippen molar-refractivity contribution in [2.75, 3.05) is 13.1 Å². The van der Waals surface area contributed by atoms with Crippen LogP contribution in [0.5, 0.6) is 0 Å². The summed E-state index contributed by atoms with van der Waals surface area (Å²) in [6, 6.07) is 0. The normalized spacial score (nSPS) is 26.0. The molecule has 1 saturated heterocycles. The molecule has 1 aromatic rings. The molecule has 3 heteroatoms. The fourth-order valence-corrected chi connectivity index (χ4v) is 3.81. The van der Waals surface area contributed by atoms with E-state index in [2.05, 4.69) is 35.2 Å². The molecule has 4 rings (SSSR count). The molecule has 2 aliphatic carbocycles. The molecular formula is C18H24N2O. The first-order valence-corrected chi connectivity index (χ1v) is 8.40. The molecule has 21 heavy (non-hydrogen) atoms. The van der Waals surface area contributed by atoms with E-state index in [-0.39, 0.29) is 0 Å². The van der Waals surface area contributed by atoms with Crippen LogP contribution in [0.4, 0.5) is 0 Å². The monoisotopic (exact) mass is 284 g/mol. The van der Waals surface area contributed by atoms with Gasteiger partial charge in [-0.3, -0.25) is 4.79 Å². The van der Waals surface area contributed by atoms with Crippen molar-refractivity contribution < 1.29 is 4.79 Å². The number of aromatic amines is 1. The molecule has 1 aromatic heterocycles. The van der Waals surface area contributed by atoms with Gasteiger partial charge in [0.2, 0.25) is 5.91 Å². The zero-order valence-electron chi connectivity index (χ0n) is 12.8. The fraction of sp³-hybridized carbons (Fsp3) is 0.611. The third kappa shape index (κ3) is 2.43. The molecule has 112 valence electrons. The van der Waals surface area contributed by atoms with Gasteiger partial charge in [-0.1, -0.05) is 19.1 Å². The van der Waals surface area contributed by atoms with E-state index in [1.54, 1.807) is 0 Å². The minimum absolute atomic E-state index is 0.366. The summed E-state index contributed by atoms with van der Waals surface area (Å²) in [5, 5.41) is 2.74. The second-order valence-electron chi connectivity index (χ2n) is 7.03. The Labute approximate surface area is 125 Å². The van der Waals surface area contributed by atoms with Crippen molar-refractivity contribution in [1.82, 2.24) is 9.88 Å². The molecule has 0 radical (unpaired) electrons. The van der Waals surface area contributed by atoms with Gasteiger partial charge in [0, 0.05) is 30.6 Å². The minimum Gasteiger partial charge on any atom is -0.361 e. The van der Waals surface area contributed by atoms with Crippen LogP contribution in [-0.4, -0.2) is 28.9 Å². The molecule has 3 nitrogen and oxygen atoms in total. The molecule has 0 spiro atoms. The van der Waals surface area contributed by atoms with Crippen LogP contribution in [-0.2, 0) is 4.79 Å². The van der Waals surface area contributed by atoms with Gasteiger partial charge in [0.15, 0.2) is 0 Å². The van der Waals surface area contributed by atoms with Crippen molar-refractivity contribution in [3.8, 4) is 0 Å². The van der Waals surface area contributed by atoms with E-state index in [1.165, 1.54) is 16.1 Å². The fourth-order valence-electron chi connectivity index (χ4n) is 3.81. The largest absolute Gasteiger partial charge is 0.361 e. The number of H-pyrrole nitrogens is 1. The van der Waals surface area contributed by atoms with Crippen LogP contribution < -0.4 is 10.6 Å². The van der Waals surface area contributed by atoms with E-state index >= 15 is 0 Å². The van der Waals surface area contributed by atoms with Crippen molar-refractivity contribution in [3.63, 3.8) is 0 Å². The van der Waals surface area contributed by atoms with Gasteiger partial charge in [-0.05, 0) is 54.7 Å². The molecule has 3 aliphatic rings. The third-order valence-corrected chi connectivity index (χ3v) is 5.30. The number of carbonyl (C=O) groups excluding carboxylic acids is 1. The third-order valence-electron chi connectivity index (χ3n) is 5.30. The van der Waals surface area contributed by atoms with Gasteiger partial charge in [-0.15, -0.1) is 0 Å². The second-order valence-corrected chi connectivity index (χ2v) is 7.03. The maximum absolute atomic E-state index is 12.1. The van der Waals surface area contributed by atoms with E-state index in [0.717, 1.165) is 45.2 Å². The van der Waals surface area contributed by atoms with Crippen LogP contribution in [0.2, 0.25) is 0 Å². The number of fused-ring (bicyclic) bond motifs is 1. The number of rotatable bonds is 2. The van der Waals surface area contributed by atoms with Gasteiger partial charge < -0.3 is 9.88 Å². The van der Waals surface area contributed by atoms with E-state index in [9.17, 15) is 4.79 Å². The highest BCUT2D eigenvalue weighted by molar-refractivity contribution is 5.81. The standard InChI is InChI=1S/C18H24N2O/c1-12-2-5-17-15(10-12)16(11-19-17)13-6-8-20(9-7-13)18(21)14-3-4-14/h5,10-14,19H,2-4,6-9H2,1H3. The number of nitrogens with one attached hydrogen (secondary N) is 1. The van der Waals surface area contributed by atoms with Crippen molar-refractivity contribution in [2.45, 2.75) is 44.9 Å². The summed E-state index contributed by atoms with van der Waals surface area (Å²) in [6.07, 6.45) is 12.6. The summed E-state index contributed by atoms with van der Waals surface area (Å²) in [5.74, 6) is 2.04. The van der Waals surface area contributed by atoms with E-state index in [0.29, 0.717) is 23.7 Å². The Morgan fingerprint density at radius 3 is 2.71 bits per heavy atom. The van der Waals surface area contributed by atoms with Crippen molar-refractivity contribution >= 4 is 18.1 Å². The van der Waals surface area contributed by atoms with Crippen LogP contribution in [0.15, 0.2) is 6.20 Å². The molecule has 0 aromatic carbocycles. The Bertz CT molecular complexity index is 660. The van der Waals surface area contributed by atoms with Crippen LogP contribution >= 0.6 is 0 Å². The number of amides is 1. The Kier molecular flexibility index (Phi) is 3.16. The summed E-state index contributed by atoms with van der Waals surface area (Å²) in [4.78, 5) is 17.7. The van der Waals surface area contributed by atoms with Crippen LogP contribution in [0.1, 0.15) is 50.5 Å². The second kappa shape index (κ2) is 5.04. The van der Waals surface area contributed by atoms with Crippen LogP contribution in [0.3, 0.4) is 0 Å². The van der Waals surface area contributed by atoms with Crippen LogP contribution in [0.25, 0.3) is 12.2 Å². The molecule has 2 heterocycles. The summed E-state index contributed by atoms with van der Waals surface area (Å²) in [5.41, 5.74) is 1.48. The lowest BCUT2D eigenvalue weighted by Crippen LogP contribution is -2.40. The first-order chi connectivity index (χ1) is 10.2. The summed E-state index contributed by atoms with van der Waals surface area (Å²) in [7, 11) is 0. The maximum Gasteiger partial charge on any atom is 0.225 e. The number of likely N-dealkylation sites (tertiary alicyclic amines) is 1. The lowest BCUT2D eigenvalue weighted by atomic mass is 9.88. The topological polar surface area (TPSA) is 36.1 Å². The molecule has 0 bridgehead atoms. The Balaban J connectivity index is 1.51. The zero-order valence-corrected chi connectivity index (χ0v) is 12.8. The number of carbonyl (C=O) groups is 1. The Hall–Kier alpha value is -1.51. The van der Waals surface area contributed by atoms with Crippen molar-refractivity contribution in [1.29, 1.82) is 0 Å². The number of piperidine rings is 1.